The number of likely N-dealkylation sites (tertiary alicyclic amines) is 1. The zero-order valence-electron chi connectivity index (χ0n) is 14.3. The molecule has 0 spiro atoms. The summed E-state index contributed by atoms with van der Waals surface area (Å²) in [7, 11) is 1.54. The van der Waals surface area contributed by atoms with Crippen LogP contribution in [0.5, 0.6) is 0 Å². The summed E-state index contributed by atoms with van der Waals surface area (Å²) in [6.45, 7) is 5.00. The van der Waals surface area contributed by atoms with Gasteiger partial charge in [-0.05, 0) is 32.8 Å². The summed E-state index contributed by atoms with van der Waals surface area (Å²) in [4.78, 5) is 23.2. The first-order valence-corrected chi connectivity index (χ1v) is 8.26. The predicted molar refractivity (Wildman–Crippen MR) is 89.2 cm³/mol. The molecule has 7 heteroatoms. The molecular formula is C17H23N5O2. The number of aromatic nitrogens is 4. The van der Waals surface area contributed by atoms with Crippen LogP contribution < -0.4 is 0 Å². The summed E-state index contributed by atoms with van der Waals surface area (Å²) in [6.07, 6.45) is 7.14. The van der Waals surface area contributed by atoms with E-state index < -0.39 is 0 Å². The van der Waals surface area contributed by atoms with Gasteiger partial charge in [-0.25, -0.2) is 4.98 Å². The molecule has 3 heterocycles. The Balaban J connectivity index is 1.90. The minimum Gasteiger partial charge on any atom is -0.375 e. The van der Waals surface area contributed by atoms with E-state index >= 15 is 0 Å². The molecule has 1 aliphatic heterocycles. The molecule has 2 aromatic rings. The first kappa shape index (κ1) is 16.6. The number of rotatable bonds is 5. The van der Waals surface area contributed by atoms with Crippen molar-refractivity contribution in [1.29, 1.82) is 0 Å². The van der Waals surface area contributed by atoms with Gasteiger partial charge in [0.15, 0.2) is 0 Å². The van der Waals surface area contributed by atoms with E-state index in [2.05, 4.69) is 23.9 Å². The average Bonchev–Trinajstić information content (AvgIpc) is 3.24. The maximum absolute atomic E-state index is 12.2. The van der Waals surface area contributed by atoms with Crippen molar-refractivity contribution in [1.82, 2.24) is 24.6 Å². The van der Waals surface area contributed by atoms with E-state index in [1.807, 2.05) is 15.6 Å². The Labute approximate surface area is 141 Å². The molecule has 0 radical (unpaired) electrons. The van der Waals surface area contributed by atoms with Gasteiger partial charge in [0.1, 0.15) is 12.3 Å². The Morgan fingerprint density at radius 3 is 3.00 bits per heavy atom. The van der Waals surface area contributed by atoms with Gasteiger partial charge in [0.05, 0.1) is 29.8 Å². The minimum atomic E-state index is -0.0319. The molecule has 0 aliphatic carbocycles. The first-order valence-electron chi connectivity index (χ1n) is 8.26. The molecule has 7 nitrogen and oxygen atoms in total. The van der Waals surface area contributed by atoms with Gasteiger partial charge in [-0.1, -0.05) is 0 Å². The van der Waals surface area contributed by atoms with Crippen molar-refractivity contribution in [2.75, 3.05) is 20.3 Å². The average molecular weight is 329 g/mol. The third-order valence-electron chi connectivity index (χ3n) is 4.26. The number of amides is 1. The highest BCUT2D eigenvalue weighted by Crippen LogP contribution is 2.31. The van der Waals surface area contributed by atoms with Crippen molar-refractivity contribution in [2.24, 2.45) is 0 Å². The molecule has 0 bridgehead atoms. The molecule has 1 saturated heterocycles. The zero-order valence-corrected chi connectivity index (χ0v) is 14.3. The molecular weight excluding hydrogens is 306 g/mol. The normalized spacial score (nSPS) is 17.7. The summed E-state index contributed by atoms with van der Waals surface area (Å²) < 4.78 is 6.91. The van der Waals surface area contributed by atoms with Gasteiger partial charge < -0.3 is 9.64 Å². The molecule has 0 aromatic carbocycles. The van der Waals surface area contributed by atoms with Crippen molar-refractivity contribution >= 4 is 5.91 Å². The van der Waals surface area contributed by atoms with Crippen molar-refractivity contribution < 1.29 is 9.53 Å². The molecule has 1 atom stereocenters. The van der Waals surface area contributed by atoms with E-state index in [9.17, 15) is 4.79 Å². The lowest BCUT2D eigenvalue weighted by Crippen LogP contribution is -2.33. The highest BCUT2D eigenvalue weighted by Gasteiger charge is 2.31. The fraction of sp³-hybridized carbons (Fsp3) is 0.529. The lowest BCUT2D eigenvalue weighted by Gasteiger charge is -2.24. The standard InChI is InChI=1S/C17H23N5O2/c1-12(2)22-16(6-7-19-22)14-10-18-9-13(20-14)15-5-4-8-21(15)17(23)11-24-3/h6-7,9-10,12,15H,4-5,8,11H2,1-3H3. The monoisotopic (exact) mass is 329 g/mol. The second-order valence-corrected chi connectivity index (χ2v) is 6.26. The second-order valence-electron chi connectivity index (χ2n) is 6.26. The fourth-order valence-corrected chi connectivity index (χ4v) is 3.17. The van der Waals surface area contributed by atoms with Crippen LogP contribution in [0.1, 0.15) is 44.5 Å². The SMILES string of the molecule is COCC(=O)N1CCCC1c1cncc(-c2ccnn2C(C)C)n1. The third-order valence-corrected chi connectivity index (χ3v) is 4.26. The van der Waals surface area contributed by atoms with Crippen LogP contribution in [0.4, 0.5) is 0 Å². The van der Waals surface area contributed by atoms with Crippen molar-refractivity contribution in [3.8, 4) is 11.4 Å². The maximum atomic E-state index is 12.2. The highest BCUT2D eigenvalue weighted by molar-refractivity contribution is 5.78. The van der Waals surface area contributed by atoms with E-state index in [0.717, 1.165) is 36.5 Å². The molecule has 1 fully saturated rings. The van der Waals surface area contributed by atoms with E-state index in [1.54, 1.807) is 18.6 Å². The molecule has 0 saturated carbocycles. The van der Waals surface area contributed by atoms with Gasteiger partial charge in [0, 0.05) is 25.9 Å². The Hall–Kier alpha value is -2.28. The van der Waals surface area contributed by atoms with Gasteiger partial charge in [0.2, 0.25) is 5.91 Å². The van der Waals surface area contributed by atoms with Crippen LogP contribution in [-0.4, -0.2) is 50.8 Å². The Bertz CT molecular complexity index is 713. The van der Waals surface area contributed by atoms with Crippen LogP contribution >= 0.6 is 0 Å². The van der Waals surface area contributed by atoms with Crippen molar-refractivity contribution in [3.63, 3.8) is 0 Å². The van der Waals surface area contributed by atoms with Crippen LogP contribution in [-0.2, 0) is 9.53 Å². The summed E-state index contributed by atoms with van der Waals surface area (Å²) in [5, 5.41) is 4.35. The summed E-state index contributed by atoms with van der Waals surface area (Å²) in [5.74, 6) is -0.000532. The van der Waals surface area contributed by atoms with Crippen LogP contribution in [0.2, 0.25) is 0 Å². The second kappa shape index (κ2) is 7.09. The smallest absolute Gasteiger partial charge is 0.249 e. The maximum Gasteiger partial charge on any atom is 0.249 e. The topological polar surface area (TPSA) is 73.1 Å². The van der Waals surface area contributed by atoms with E-state index in [0.29, 0.717) is 0 Å². The number of hydrogen-bond acceptors (Lipinski definition) is 5. The van der Waals surface area contributed by atoms with Gasteiger partial charge in [-0.15, -0.1) is 0 Å². The van der Waals surface area contributed by atoms with Crippen LogP contribution in [0.3, 0.4) is 0 Å². The molecule has 1 unspecified atom stereocenters. The predicted octanol–water partition coefficient (Wildman–Crippen LogP) is 2.23. The molecule has 1 amide bonds. The minimum absolute atomic E-state index is 0.000532. The molecule has 128 valence electrons. The lowest BCUT2D eigenvalue weighted by molar-refractivity contribution is -0.136. The van der Waals surface area contributed by atoms with Crippen LogP contribution in [0.15, 0.2) is 24.7 Å². The first-order chi connectivity index (χ1) is 11.6. The largest absolute Gasteiger partial charge is 0.375 e. The van der Waals surface area contributed by atoms with Gasteiger partial charge in [-0.3, -0.25) is 14.5 Å². The van der Waals surface area contributed by atoms with Crippen molar-refractivity contribution in [3.05, 3.63) is 30.4 Å². The summed E-state index contributed by atoms with van der Waals surface area (Å²) >= 11 is 0. The number of ether oxygens (including phenoxy) is 1. The molecule has 24 heavy (non-hydrogen) atoms. The van der Waals surface area contributed by atoms with E-state index in [1.165, 1.54) is 7.11 Å². The molecule has 1 aliphatic rings. The Morgan fingerprint density at radius 1 is 1.42 bits per heavy atom. The summed E-state index contributed by atoms with van der Waals surface area (Å²) in [5.41, 5.74) is 2.54. The van der Waals surface area contributed by atoms with E-state index in [-0.39, 0.29) is 24.6 Å². The van der Waals surface area contributed by atoms with Crippen LogP contribution in [0.25, 0.3) is 11.4 Å². The number of methoxy groups -OCH3 is 1. The highest BCUT2D eigenvalue weighted by atomic mass is 16.5. The number of hydrogen-bond donors (Lipinski definition) is 0. The van der Waals surface area contributed by atoms with Crippen molar-refractivity contribution in [2.45, 2.75) is 38.8 Å². The quantitative estimate of drug-likeness (QED) is 0.841. The van der Waals surface area contributed by atoms with Gasteiger partial charge in [0.25, 0.3) is 0 Å². The Kier molecular flexibility index (Phi) is 4.89. The van der Waals surface area contributed by atoms with Gasteiger partial charge in [-0.2, -0.15) is 5.10 Å². The number of carbonyl (C=O) groups is 1. The Morgan fingerprint density at radius 2 is 2.25 bits per heavy atom. The molecule has 2 aromatic heterocycles. The summed E-state index contributed by atoms with van der Waals surface area (Å²) in [6, 6.07) is 2.15. The number of carbonyl (C=O) groups excluding carboxylic acids is 1. The van der Waals surface area contributed by atoms with Gasteiger partial charge >= 0.3 is 0 Å². The third kappa shape index (κ3) is 3.17. The van der Waals surface area contributed by atoms with E-state index in [4.69, 9.17) is 9.72 Å². The molecule has 0 N–H and O–H groups in total. The zero-order chi connectivity index (χ0) is 17.1. The molecule has 3 rings (SSSR count). The number of nitrogens with zero attached hydrogens (tertiary/aromatic N) is 5. The fourth-order valence-electron chi connectivity index (χ4n) is 3.17. The van der Waals surface area contributed by atoms with Crippen LogP contribution in [0, 0.1) is 0 Å². The lowest BCUT2D eigenvalue weighted by atomic mass is 10.1.